The van der Waals surface area contributed by atoms with Crippen LogP contribution in [0.3, 0.4) is 0 Å². The fraction of sp³-hybridized carbons (Fsp3) is 0.133. The van der Waals surface area contributed by atoms with Crippen molar-refractivity contribution in [1.29, 1.82) is 0 Å². The molecule has 2 N–H and O–H groups in total. The van der Waals surface area contributed by atoms with Crippen LogP contribution in [0.4, 0.5) is 5.69 Å². The number of hydrogen-bond donors (Lipinski definition) is 2. The maximum absolute atomic E-state index is 12.1. The number of nitro groups is 1. The SMILES string of the molecule is CCOc1cc(/C=N\NS(=O)(=O)c2ccc([N+](=O)[O-])cc2)ccc1O. The number of ether oxygens (including phenoxy) is 1. The van der Waals surface area contributed by atoms with Gasteiger partial charge in [0.25, 0.3) is 15.7 Å². The lowest BCUT2D eigenvalue weighted by molar-refractivity contribution is -0.384. The van der Waals surface area contributed by atoms with E-state index < -0.39 is 14.9 Å². The second-order valence-corrected chi connectivity index (χ2v) is 6.42. The molecule has 0 unspecified atom stereocenters. The predicted octanol–water partition coefficient (Wildman–Crippen LogP) is 2.01. The Labute approximate surface area is 143 Å². The molecule has 2 aromatic rings. The van der Waals surface area contributed by atoms with E-state index in [-0.39, 0.29) is 22.1 Å². The van der Waals surface area contributed by atoms with Crippen molar-refractivity contribution in [2.45, 2.75) is 11.8 Å². The smallest absolute Gasteiger partial charge is 0.276 e. The quantitative estimate of drug-likeness (QED) is 0.438. The Morgan fingerprint density at radius 3 is 2.56 bits per heavy atom. The van der Waals surface area contributed by atoms with Gasteiger partial charge >= 0.3 is 0 Å². The minimum atomic E-state index is -3.95. The summed E-state index contributed by atoms with van der Waals surface area (Å²) in [7, 11) is -3.95. The van der Waals surface area contributed by atoms with Crippen molar-refractivity contribution in [2.75, 3.05) is 6.61 Å². The third-order valence-electron chi connectivity index (χ3n) is 3.03. The lowest BCUT2D eigenvalue weighted by atomic mass is 10.2. The number of hydrogen-bond acceptors (Lipinski definition) is 7. The molecule has 2 rings (SSSR count). The summed E-state index contributed by atoms with van der Waals surface area (Å²) in [5.74, 6) is 0.218. The molecular formula is C15H15N3O6S. The normalized spacial score (nSPS) is 11.4. The number of phenolic OH excluding ortho intramolecular Hbond substituents is 1. The molecule has 132 valence electrons. The highest BCUT2D eigenvalue weighted by molar-refractivity contribution is 7.89. The summed E-state index contributed by atoms with van der Waals surface area (Å²) in [6, 6.07) is 8.84. The van der Waals surface area contributed by atoms with Crippen LogP contribution in [0.1, 0.15) is 12.5 Å². The van der Waals surface area contributed by atoms with Gasteiger partial charge in [0.05, 0.1) is 22.6 Å². The summed E-state index contributed by atoms with van der Waals surface area (Å²) in [6.07, 6.45) is 1.24. The van der Waals surface area contributed by atoms with Gasteiger partial charge < -0.3 is 9.84 Å². The maximum atomic E-state index is 12.1. The van der Waals surface area contributed by atoms with Gasteiger partial charge in [0.15, 0.2) is 11.5 Å². The minimum Gasteiger partial charge on any atom is -0.504 e. The highest BCUT2D eigenvalue weighted by Gasteiger charge is 2.14. The molecule has 0 fully saturated rings. The molecular weight excluding hydrogens is 350 g/mol. The second kappa shape index (κ2) is 7.62. The number of phenols is 1. The van der Waals surface area contributed by atoms with Crippen molar-refractivity contribution in [3.63, 3.8) is 0 Å². The molecule has 0 heterocycles. The van der Waals surface area contributed by atoms with E-state index >= 15 is 0 Å². The van der Waals surface area contributed by atoms with Crippen LogP contribution in [0.25, 0.3) is 0 Å². The first kappa shape index (κ1) is 18.2. The number of non-ortho nitro benzene ring substituents is 1. The van der Waals surface area contributed by atoms with Gasteiger partial charge in [-0.2, -0.15) is 13.5 Å². The summed E-state index contributed by atoms with van der Waals surface area (Å²) in [5.41, 5.74) is 0.294. The number of sulfonamides is 1. The van der Waals surface area contributed by atoms with Crippen molar-refractivity contribution in [2.24, 2.45) is 5.10 Å². The largest absolute Gasteiger partial charge is 0.504 e. The zero-order valence-corrected chi connectivity index (χ0v) is 13.9. The Bertz CT molecular complexity index is 894. The summed E-state index contributed by atoms with van der Waals surface area (Å²) in [5, 5.41) is 23.8. The Morgan fingerprint density at radius 2 is 1.96 bits per heavy atom. The number of hydrazone groups is 1. The van der Waals surface area contributed by atoms with E-state index in [0.717, 1.165) is 24.3 Å². The third-order valence-corrected chi connectivity index (χ3v) is 4.27. The molecule has 0 bridgehead atoms. The van der Waals surface area contributed by atoms with E-state index in [2.05, 4.69) is 5.10 Å². The average Bonchev–Trinajstić information content (AvgIpc) is 2.58. The molecule has 10 heteroatoms. The Morgan fingerprint density at radius 1 is 1.28 bits per heavy atom. The van der Waals surface area contributed by atoms with Crippen LogP contribution in [-0.2, 0) is 10.0 Å². The van der Waals surface area contributed by atoms with Gasteiger partial charge in [0.1, 0.15) is 0 Å². The van der Waals surface area contributed by atoms with Crippen molar-refractivity contribution in [3.8, 4) is 11.5 Å². The zero-order chi connectivity index (χ0) is 18.4. The number of nitrogens with zero attached hydrogens (tertiary/aromatic N) is 2. The van der Waals surface area contributed by atoms with Crippen molar-refractivity contribution < 1.29 is 23.2 Å². The lowest BCUT2D eigenvalue weighted by Crippen LogP contribution is -2.18. The van der Waals surface area contributed by atoms with Crippen LogP contribution in [0.2, 0.25) is 0 Å². The van der Waals surface area contributed by atoms with E-state index in [0.29, 0.717) is 12.2 Å². The first-order valence-corrected chi connectivity index (χ1v) is 8.57. The van der Waals surface area contributed by atoms with Crippen molar-refractivity contribution in [3.05, 3.63) is 58.1 Å². The molecule has 0 aliphatic carbocycles. The number of aromatic hydroxyl groups is 1. The fourth-order valence-electron chi connectivity index (χ4n) is 1.85. The van der Waals surface area contributed by atoms with Gasteiger partial charge in [-0.1, -0.05) is 0 Å². The average molecular weight is 365 g/mol. The molecule has 0 saturated heterocycles. The molecule has 9 nitrogen and oxygen atoms in total. The van der Waals surface area contributed by atoms with E-state index in [9.17, 15) is 23.6 Å². The Hall–Kier alpha value is -3.14. The summed E-state index contributed by atoms with van der Waals surface area (Å²) in [4.78, 5) is 11.8. The fourth-order valence-corrected chi connectivity index (χ4v) is 2.64. The monoisotopic (exact) mass is 365 g/mol. The van der Waals surface area contributed by atoms with Gasteiger partial charge in [0, 0.05) is 12.1 Å². The number of nitro benzene ring substituents is 1. The molecule has 0 aliphatic heterocycles. The molecule has 0 amide bonds. The molecule has 0 spiro atoms. The first-order chi connectivity index (χ1) is 11.8. The van der Waals surface area contributed by atoms with E-state index in [1.54, 1.807) is 6.92 Å². The predicted molar refractivity (Wildman–Crippen MR) is 90.3 cm³/mol. The molecule has 0 aliphatic rings. The van der Waals surface area contributed by atoms with Gasteiger partial charge in [-0.15, -0.1) is 0 Å². The van der Waals surface area contributed by atoms with Gasteiger partial charge in [-0.3, -0.25) is 10.1 Å². The van der Waals surface area contributed by atoms with Gasteiger partial charge in [-0.25, -0.2) is 4.83 Å². The standard InChI is InChI=1S/C15H15N3O6S/c1-2-24-15-9-11(3-8-14(15)19)10-16-17-25(22,23)13-6-4-12(5-7-13)18(20)21/h3-10,17,19H,2H2,1H3/b16-10-. The highest BCUT2D eigenvalue weighted by Crippen LogP contribution is 2.26. The Balaban J connectivity index is 2.12. The lowest BCUT2D eigenvalue weighted by Gasteiger charge is -2.06. The summed E-state index contributed by atoms with van der Waals surface area (Å²) in [6.45, 7) is 2.12. The number of benzene rings is 2. The summed E-state index contributed by atoms with van der Waals surface area (Å²) < 4.78 is 29.4. The minimum absolute atomic E-state index is 0.0366. The molecule has 0 saturated carbocycles. The molecule has 2 aromatic carbocycles. The second-order valence-electron chi connectivity index (χ2n) is 4.76. The van der Waals surface area contributed by atoms with E-state index in [4.69, 9.17) is 4.74 Å². The first-order valence-electron chi connectivity index (χ1n) is 7.08. The van der Waals surface area contributed by atoms with Crippen LogP contribution >= 0.6 is 0 Å². The van der Waals surface area contributed by atoms with Crippen LogP contribution in [0.15, 0.2) is 52.5 Å². The number of rotatable bonds is 7. The van der Waals surface area contributed by atoms with Gasteiger partial charge in [0.2, 0.25) is 0 Å². The third kappa shape index (κ3) is 4.67. The van der Waals surface area contributed by atoms with Gasteiger partial charge in [-0.05, 0) is 42.8 Å². The highest BCUT2D eigenvalue weighted by atomic mass is 32.2. The molecule has 0 radical (unpaired) electrons. The molecule has 0 atom stereocenters. The number of nitrogens with one attached hydrogen (secondary N) is 1. The maximum Gasteiger partial charge on any atom is 0.276 e. The van der Waals surface area contributed by atoms with E-state index in [1.165, 1.54) is 24.4 Å². The van der Waals surface area contributed by atoms with Crippen LogP contribution < -0.4 is 9.57 Å². The van der Waals surface area contributed by atoms with Crippen molar-refractivity contribution >= 4 is 21.9 Å². The Kier molecular flexibility index (Phi) is 5.55. The van der Waals surface area contributed by atoms with Crippen LogP contribution in [-0.4, -0.2) is 31.3 Å². The van der Waals surface area contributed by atoms with Crippen molar-refractivity contribution in [1.82, 2.24) is 4.83 Å². The van der Waals surface area contributed by atoms with Crippen LogP contribution in [0, 0.1) is 10.1 Å². The molecule has 0 aromatic heterocycles. The molecule has 25 heavy (non-hydrogen) atoms. The summed E-state index contributed by atoms with van der Waals surface area (Å²) >= 11 is 0. The topological polar surface area (TPSA) is 131 Å². The zero-order valence-electron chi connectivity index (χ0n) is 13.1. The van der Waals surface area contributed by atoms with E-state index in [1.807, 2.05) is 4.83 Å². The van der Waals surface area contributed by atoms with Crippen LogP contribution in [0.5, 0.6) is 11.5 Å².